The van der Waals surface area contributed by atoms with Crippen molar-refractivity contribution in [1.82, 2.24) is 10.2 Å². The van der Waals surface area contributed by atoms with Gasteiger partial charge in [0.05, 0.1) is 0 Å². The Balaban J connectivity index is 2.55. The Morgan fingerprint density at radius 1 is 0.950 bits per heavy atom. The lowest BCUT2D eigenvalue weighted by atomic mass is 10.0. The van der Waals surface area contributed by atoms with Crippen LogP contribution in [0.25, 0.3) is 0 Å². The molecule has 1 aromatic carbocycles. The van der Waals surface area contributed by atoms with Crippen molar-refractivity contribution < 1.29 is 0 Å². The van der Waals surface area contributed by atoms with E-state index in [1.165, 1.54) is 25.1 Å². The standard InChI is InChI=1S/C18H32N2/c1-15(2)13-20(14-16(3)4)12-11-18(19-5)17-9-7-6-8-10-17/h6-10,15-16,18-19H,11-14H2,1-5H3. The fraction of sp³-hybridized carbons (Fsp3) is 0.667. The molecule has 0 aliphatic heterocycles. The van der Waals surface area contributed by atoms with Crippen LogP contribution in [0.15, 0.2) is 30.3 Å². The minimum atomic E-state index is 0.457. The summed E-state index contributed by atoms with van der Waals surface area (Å²) in [6, 6.07) is 11.2. The topological polar surface area (TPSA) is 15.3 Å². The molecule has 0 radical (unpaired) electrons. The van der Waals surface area contributed by atoms with Gasteiger partial charge in [0.1, 0.15) is 0 Å². The van der Waals surface area contributed by atoms with Crippen LogP contribution in [-0.2, 0) is 0 Å². The van der Waals surface area contributed by atoms with E-state index in [9.17, 15) is 0 Å². The average Bonchev–Trinajstić information content (AvgIpc) is 2.39. The van der Waals surface area contributed by atoms with Crippen LogP contribution < -0.4 is 5.32 Å². The van der Waals surface area contributed by atoms with E-state index in [0.717, 1.165) is 18.4 Å². The summed E-state index contributed by atoms with van der Waals surface area (Å²) in [6.07, 6.45) is 1.17. The van der Waals surface area contributed by atoms with Gasteiger partial charge in [0, 0.05) is 19.1 Å². The Morgan fingerprint density at radius 2 is 1.50 bits per heavy atom. The molecule has 0 heterocycles. The molecule has 1 atom stereocenters. The summed E-state index contributed by atoms with van der Waals surface area (Å²) in [5.74, 6) is 1.47. The Morgan fingerprint density at radius 3 is 1.95 bits per heavy atom. The highest BCUT2D eigenvalue weighted by Gasteiger charge is 2.13. The van der Waals surface area contributed by atoms with Crippen molar-refractivity contribution in [3.8, 4) is 0 Å². The zero-order chi connectivity index (χ0) is 15.0. The van der Waals surface area contributed by atoms with E-state index in [1.54, 1.807) is 0 Å². The van der Waals surface area contributed by atoms with Gasteiger partial charge in [0.25, 0.3) is 0 Å². The van der Waals surface area contributed by atoms with E-state index in [1.807, 2.05) is 0 Å². The molecule has 2 heteroatoms. The van der Waals surface area contributed by atoms with Gasteiger partial charge in [-0.3, -0.25) is 0 Å². The molecule has 0 spiro atoms. The third-order valence-electron chi connectivity index (χ3n) is 3.53. The molecule has 0 aliphatic carbocycles. The summed E-state index contributed by atoms with van der Waals surface area (Å²) in [4.78, 5) is 2.61. The van der Waals surface area contributed by atoms with Gasteiger partial charge in [-0.25, -0.2) is 0 Å². The monoisotopic (exact) mass is 276 g/mol. The highest BCUT2D eigenvalue weighted by Crippen LogP contribution is 2.17. The van der Waals surface area contributed by atoms with Gasteiger partial charge >= 0.3 is 0 Å². The lowest BCUT2D eigenvalue weighted by molar-refractivity contribution is 0.209. The van der Waals surface area contributed by atoms with Crippen molar-refractivity contribution >= 4 is 0 Å². The third kappa shape index (κ3) is 6.53. The normalized spacial score (nSPS) is 13.4. The maximum absolute atomic E-state index is 3.45. The van der Waals surface area contributed by atoms with E-state index in [2.05, 4.69) is 75.3 Å². The largest absolute Gasteiger partial charge is 0.313 e. The number of hydrogen-bond acceptors (Lipinski definition) is 2. The quantitative estimate of drug-likeness (QED) is 0.734. The molecule has 0 aliphatic rings. The number of nitrogens with zero attached hydrogens (tertiary/aromatic N) is 1. The number of hydrogen-bond donors (Lipinski definition) is 1. The Labute approximate surface area is 125 Å². The summed E-state index contributed by atoms with van der Waals surface area (Å²) >= 11 is 0. The van der Waals surface area contributed by atoms with Crippen molar-refractivity contribution in [2.24, 2.45) is 11.8 Å². The lowest BCUT2D eigenvalue weighted by Crippen LogP contribution is -2.34. The molecule has 2 nitrogen and oxygen atoms in total. The zero-order valence-corrected chi connectivity index (χ0v) is 13.9. The minimum Gasteiger partial charge on any atom is -0.313 e. The molecule has 1 unspecified atom stereocenters. The fourth-order valence-corrected chi connectivity index (χ4v) is 2.76. The van der Waals surface area contributed by atoms with E-state index < -0.39 is 0 Å². The molecule has 114 valence electrons. The molecule has 0 saturated heterocycles. The lowest BCUT2D eigenvalue weighted by Gasteiger charge is -2.28. The Bertz CT molecular complexity index is 336. The minimum absolute atomic E-state index is 0.457. The van der Waals surface area contributed by atoms with E-state index >= 15 is 0 Å². The predicted molar refractivity (Wildman–Crippen MR) is 89.0 cm³/mol. The summed E-state index contributed by atoms with van der Waals surface area (Å²) in [6.45, 7) is 12.8. The predicted octanol–water partition coefficient (Wildman–Crippen LogP) is 3.95. The van der Waals surface area contributed by atoms with Gasteiger partial charge in [0.2, 0.25) is 0 Å². The van der Waals surface area contributed by atoms with Gasteiger partial charge in [0.15, 0.2) is 0 Å². The van der Waals surface area contributed by atoms with Gasteiger partial charge < -0.3 is 10.2 Å². The maximum atomic E-state index is 3.45. The average molecular weight is 276 g/mol. The van der Waals surface area contributed by atoms with Gasteiger partial charge in [-0.2, -0.15) is 0 Å². The number of rotatable bonds is 9. The summed E-state index contributed by atoms with van der Waals surface area (Å²) < 4.78 is 0. The molecular formula is C18H32N2. The van der Waals surface area contributed by atoms with E-state index in [4.69, 9.17) is 0 Å². The Hall–Kier alpha value is -0.860. The molecule has 1 rings (SSSR count). The van der Waals surface area contributed by atoms with E-state index in [0.29, 0.717) is 6.04 Å². The van der Waals surface area contributed by atoms with Gasteiger partial charge in [-0.15, -0.1) is 0 Å². The second-order valence-corrected chi connectivity index (χ2v) is 6.59. The van der Waals surface area contributed by atoms with Crippen LogP contribution in [-0.4, -0.2) is 31.6 Å². The summed E-state index contributed by atoms with van der Waals surface area (Å²) in [7, 11) is 2.06. The molecule has 1 N–H and O–H groups in total. The summed E-state index contributed by atoms with van der Waals surface area (Å²) in [5.41, 5.74) is 1.39. The molecule has 0 bridgehead atoms. The third-order valence-corrected chi connectivity index (χ3v) is 3.53. The van der Waals surface area contributed by atoms with Crippen LogP contribution in [0.3, 0.4) is 0 Å². The van der Waals surface area contributed by atoms with Crippen molar-refractivity contribution in [3.63, 3.8) is 0 Å². The first-order valence-corrected chi connectivity index (χ1v) is 7.97. The van der Waals surface area contributed by atoms with Crippen LogP contribution in [0, 0.1) is 11.8 Å². The molecule has 0 fully saturated rings. The first-order chi connectivity index (χ1) is 9.52. The van der Waals surface area contributed by atoms with Crippen LogP contribution in [0.2, 0.25) is 0 Å². The second kappa shape index (κ2) is 9.15. The molecule has 0 saturated carbocycles. The van der Waals surface area contributed by atoms with Crippen LogP contribution in [0.4, 0.5) is 0 Å². The van der Waals surface area contributed by atoms with Crippen molar-refractivity contribution in [2.75, 3.05) is 26.7 Å². The first kappa shape index (κ1) is 17.2. The second-order valence-electron chi connectivity index (χ2n) is 6.59. The van der Waals surface area contributed by atoms with E-state index in [-0.39, 0.29) is 0 Å². The van der Waals surface area contributed by atoms with Crippen LogP contribution in [0.5, 0.6) is 0 Å². The van der Waals surface area contributed by atoms with Gasteiger partial charge in [-0.1, -0.05) is 58.0 Å². The molecule has 1 aromatic rings. The fourth-order valence-electron chi connectivity index (χ4n) is 2.76. The molecule has 20 heavy (non-hydrogen) atoms. The van der Waals surface area contributed by atoms with Crippen LogP contribution >= 0.6 is 0 Å². The van der Waals surface area contributed by atoms with Gasteiger partial charge in [-0.05, 0) is 37.4 Å². The molecule has 0 amide bonds. The zero-order valence-electron chi connectivity index (χ0n) is 13.9. The number of benzene rings is 1. The van der Waals surface area contributed by atoms with Crippen molar-refractivity contribution in [2.45, 2.75) is 40.2 Å². The highest BCUT2D eigenvalue weighted by molar-refractivity contribution is 5.18. The Kier molecular flexibility index (Phi) is 7.86. The highest BCUT2D eigenvalue weighted by atomic mass is 15.1. The number of nitrogens with one attached hydrogen (secondary N) is 1. The van der Waals surface area contributed by atoms with Crippen molar-refractivity contribution in [1.29, 1.82) is 0 Å². The maximum Gasteiger partial charge on any atom is 0.0329 e. The molecular weight excluding hydrogens is 244 g/mol. The van der Waals surface area contributed by atoms with Crippen molar-refractivity contribution in [3.05, 3.63) is 35.9 Å². The first-order valence-electron chi connectivity index (χ1n) is 7.97. The molecule has 0 aromatic heterocycles. The summed E-state index contributed by atoms with van der Waals surface area (Å²) in [5, 5.41) is 3.45. The smallest absolute Gasteiger partial charge is 0.0329 e. The van der Waals surface area contributed by atoms with Crippen LogP contribution in [0.1, 0.15) is 45.7 Å². The SMILES string of the molecule is CNC(CCN(CC(C)C)CC(C)C)c1ccccc1.